The standard InChI is InChI=1S/C20H32N4O/c1-6-21-19(24-12-10-23(11-13-24)17(3)25)22-15-20(4,5)18-9-7-8-16(2)14-18/h7-9,14H,6,10-13,15H2,1-5H3,(H,21,22). The minimum absolute atomic E-state index is 0.0199. The van der Waals surface area contributed by atoms with Crippen molar-refractivity contribution in [3.63, 3.8) is 0 Å². The van der Waals surface area contributed by atoms with Crippen LogP contribution in [-0.4, -0.2) is 60.9 Å². The van der Waals surface area contributed by atoms with E-state index in [2.05, 4.69) is 62.2 Å². The van der Waals surface area contributed by atoms with Gasteiger partial charge in [0.1, 0.15) is 0 Å². The third-order valence-corrected chi connectivity index (χ3v) is 4.78. The lowest BCUT2D eigenvalue weighted by molar-refractivity contribution is -0.130. The number of hydrogen-bond donors (Lipinski definition) is 1. The van der Waals surface area contributed by atoms with Gasteiger partial charge in [-0.3, -0.25) is 9.79 Å². The van der Waals surface area contributed by atoms with Crippen molar-refractivity contribution in [2.24, 2.45) is 4.99 Å². The molecule has 1 aliphatic heterocycles. The highest BCUT2D eigenvalue weighted by Gasteiger charge is 2.24. The van der Waals surface area contributed by atoms with E-state index in [1.807, 2.05) is 4.90 Å². The van der Waals surface area contributed by atoms with Gasteiger partial charge in [0.25, 0.3) is 0 Å². The molecule has 1 heterocycles. The molecule has 0 spiro atoms. The number of piperazine rings is 1. The number of aryl methyl sites for hydroxylation is 1. The maximum atomic E-state index is 11.5. The average molecular weight is 345 g/mol. The second kappa shape index (κ2) is 8.37. The Morgan fingerprint density at radius 1 is 1.20 bits per heavy atom. The lowest BCUT2D eigenvalue weighted by Crippen LogP contribution is -2.53. The second-order valence-corrected chi connectivity index (χ2v) is 7.42. The number of benzene rings is 1. The van der Waals surface area contributed by atoms with E-state index in [0.717, 1.165) is 45.2 Å². The normalized spacial score (nSPS) is 16.1. The summed E-state index contributed by atoms with van der Waals surface area (Å²) in [6.45, 7) is 15.1. The van der Waals surface area contributed by atoms with E-state index >= 15 is 0 Å². The summed E-state index contributed by atoms with van der Waals surface area (Å²) in [6.07, 6.45) is 0. The Bertz CT molecular complexity index is 616. The number of carbonyl (C=O) groups excluding carboxylic acids is 1. The molecule has 138 valence electrons. The van der Waals surface area contributed by atoms with Crippen LogP contribution in [0.15, 0.2) is 29.3 Å². The fourth-order valence-electron chi connectivity index (χ4n) is 3.09. The van der Waals surface area contributed by atoms with Crippen molar-refractivity contribution in [3.8, 4) is 0 Å². The van der Waals surface area contributed by atoms with Crippen LogP contribution in [0.1, 0.15) is 38.8 Å². The molecule has 0 radical (unpaired) electrons. The van der Waals surface area contributed by atoms with Crippen LogP contribution >= 0.6 is 0 Å². The summed E-state index contributed by atoms with van der Waals surface area (Å²) in [5.74, 6) is 1.11. The Morgan fingerprint density at radius 2 is 1.84 bits per heavy atom. The van der Waals surface area contributed by atoms with Gasteiger partial charge >= 0.3 is 0 Å². The van der Waals surface area contributed by atoms with Crippen molar-refractivity contribution in [3.05, 3.63) is 35.4 Å². The number of carbonyl (C=O) groups is 1. The van der Waals surface area contributed by atoms with Crippen LogP contribution in [0.5, 0.6) is 0 Å². The summed E-state index contributed by atoms with van der Waals surface area (Å²) < 4.78 is 0. The SMILES string of the molecule is CCNC(=NCC(C)(C)c1cccc(C)c1)N1CCN(C(C)=O)CC1. The van der Waals surface area contributed by atoms with Crippen molar-refractivity contribution >= 4 is 11.9 Å². The molecule has 5 heteroatoms. The number of hydrogen-bond acceptors (Lipinski definition) is 2. The van der Waals surface area contributed by atoms with Gasteiger partial charge in [-0.25, -0.2) is 0 Å². The number of nitrogens with zero attached hydrogens (tertiary/aromatic N) is 3. The molecule has 0 unspecified atom stereocenters. The summed E-state index contributed by atoms with van der Waals surface area (Å²) in [5, 5.41) is 3.40. The summed E-state index contributed by atoms with van der Waals surface area (Å²) in [4.78, 5) is 20.6. The summed E-state index contributed by atoms with van der Waals surface area (Å²) in [6, 6.07) is 8.67. The first-order chi connectivity index (χ1) is 11.8. The molecule has 1 amide bonds. The zero-order chi connectivity index (χ0) is 18.4. The fourth-order valence-corrected chi connectivity index (χ4v) is 3.09. The second-order valence-electron chi connectivity index (χ2n) is 7.42. The number of guanidine groups is 1. The molecule has 0 aromatic heterocycles. The molecule has 0 atom stereocenters. The molecule has 2 rings (SSSR count). The molecule has 1 aromatic rings. The molecular formula is C20H32N4O. The molecule has 25 heavy (non-hydrogen) atoms. The monoisotopic (exact) mass is 344 g/mol. The molecule has 0 bridgehead atoms. The van der Waals surface area contributed by atoms with Gasteiger partial charge in [0.15, 0.2) is 5.96 Å². The van der Waals surface area contributed by atoms with Gasteiger partial charge in [0.2, 0.25) is 5.91 Å². The van der Waals surface area contributed by atoms with E-state index in [1.165, 1.54) is 11.1 Å². The molecule has 0 aliphatic carbocycles. The van der Waals surface area contributed by atoms with Crippen LogP contribution in [0.3, 0.4) is 0 Å². The van der Waals surface area contributed by atoms with Crippen molar-refractivity contribution in [2.75, 3.05) is 39.3 Å². The predicted octanol–water partition coefficient (Wildman–Crippen LogP) is 2.40. The highest BCUT2D eigenvalue weighted by molar-refractivity contribution is 5.80. The van der Waals surface area contributed by atoms with E-state index in [0.29, 0.717) is 0 Å². The van der Waals surface area contributed by atoms with Crippen LogP contribution in [0.2, 0.25) is 0 Å². The van der Waals surface area contributed by atoms with Gasteiger partial charge in [-0.1, -0.05) is 43.7 Å². The van der Waals surface area contributed by atoms with Gasteiger partial charge in [-0.05, 0) is 19.4 Å². The first-order valence-electron chi connectivity index (χ1n) is 9.19. The molecule has 0 saturated carbocycles. The topological polar surface area (TPSA) is 47.9 Å². The Labute approximate surface area is 152 Å². The zero-order valence-corrected chi connectivity index (χ0v) is 16.3. The lowest BCUT2D eigenvalue weighted by atomic mass is 9.84. The third kappa shape index (κ3) is 5.21. The number of nitrogens with one attached hydrogen (secondary N) is 1. The fraction of sp³-hybridized carbons (Fsp3) is 0.600. The van der Waals surface area contributed by atoms with Crippen molar-refractivity contribution in [2.45, 2.75) is 40.0 Å². The van der Waals surface area contributed by atoms with Gasteiger partial charge in [-0.15, -0.1) is 0 Å². The minimum atomic E-state index is -0.0199. The van der Waals surface area contributed by atoms with Crippen LogP contribution in [0, 0.1) is 6.92 Å². The van der Waals surface area contributed by atoms with Crippen molar-refractivity contribution in [1.29, 1.82) is 0 Å². The quantitative estimate of drug-likeness (QED) is 0.674. The predicted molar refractivity (Wildman–Crippen MR) is 104 cm³/mol. The average Bonchev–Trinajstić information content (AvgIpc) is 2.58. The molecule has 1 saturated heterocycles. The van der Waals surface area contributed by atoms with Crippen molar-refractivity contribution < 1.29 is 4.79 Å². The van der Waals surface area contributed by atoms with Gasteiger partial charge < -0.3 is 15.1 Å². The smallest absolute Gasteiger partial charge is 0.219 e. The first kappa shape index (κ1) is 19.3. The Kier molecular flexibility index (Phi) is 6.45. The minimum Gasteiger partial charge on any atom is -0.357 e. The van der Waals surface area contributed by atoms with Crippen LogP contribution in [-0.2, 0) is 10.2 Å². The molecule has 1 aromatic carbocycles. The van der Waals surface area contributed by atoms with E-state index in [-0.39, 0.29) is 11.3 Å². The summed E-state index contributed by atoms with van der Waals surface area (Å²) in [7, 11) is 0. The zero-order valence-electron chi connectivity index (χ0n) is 16.3. The molecule has 1 N–H and O–H groups in total. The van der Waals surface area contributed by atoms with E-state index in [4.69, 9.17) is 4.99 Å². The first-order valence-corrected chi connectivity index (χ1v) is 9.19. The van der Waals surface area contributed by atoms with Gasteiger partial charge in [-0.2, -0.15) is 0 Å². The largest absolute Gasteiger partial charge is 0.357 e. The Balaban J connectivity index is 2.08. The van der Waals surface area contributed by atoms with Crippen LogP contribution in [0.4, 0.5) is 0 Å². The highest BCUT2D eigenvalue weighted by atomic mass is 16.2. The van der Waals surface area contributed by atoms with Gasteiger partial charge in [0, 0.05) is 45.1 Å². The summed E-state index contributed by atoms with van der Waals surface area (Å²) >= 11 is 0. The molecule has 5 nitrogen and oxygen atoms in total. The molecule has 1 aliphatic rings. The van der Waals surface area contributed by atoms with Crippen LogP contribution in [0.25, 0.3) is 0 Å². The number of amides is 1. The number of rotatable bonds is 4. The Morgan fingerprint density at radius 3 is 2.40 bits per heavy atom. The maximum absolute atomic E-state index is 11.5. The highest BCUT2D eigenvalue weighted by Crippen LogP contribution is 2.24. The maximum Gasteiger partial charge on any atom is 0.219 e. The van der Waals surface area contributed by atoms with Crippen LogP contribution < -0.4 is 5.32 Å². The van der Waals surface area contributed by atoms with E-state index < -0.39 is 0 Å². The lowest BCUT2D eigenvalue weighted by Gasteiger charge is -2.36. The van der Waals surface area contributed by atoms with E-state index in [9.17, 15) is 4.79 Å². The van der Waals surface area contributed by atoms with Gasteiger partial charge in [0.05, 0.1) is 6.54 Å². The summed E-state index contributed by atoms with van der Waals surface area (Å²) in [5.41, 5.74) is 2.57. The third-order valence-electron chi connectivity index (χ3n) is 4.78. The van der Waals surface area contributed by atoms with Crippen molar-refractivity contribution in [1.82, 2.24) is 15.1 Å². The molecule has 1 fully saturated rings. The van der Waals surface area contributed by atoms with E-state index in [1.54, 1.807) is 6.92 Å². The molecular weight excluding hydrogens is 312 g/mol. The number of aliphatic imine (C=N–C) groups is 1. The Hall–Kier alpha value is -2.04.